The van der Waals surface area contributed by atoms with Crippen molar-refractivity contribution in [3.8, 4) is 0 Å². The molecule has 3 nitrogen and oxygen atoms in total. The first-order chi connectivity index (χ1) is 7.22. The summed E-state index contributed by atoms with van der Waals surface area (Å²) in [4.78, 5) is 13.8. The summed E-state index contributed by atoms with van der Waals surface area (Å²) in [6, 6.07) is 0. The minimum Gasteiger partial charge on any atom is -0.356 e. The van der Waals surface area contributed by atoms with Gasteiger partial charge in [0.25, 0.3) is 0 Å². The topological polar surface area (TPSA) is 32.3 Å². The van der Waals surface area contributed by atoms with Gasteiger partial charge in [0, 0.05) is 19.5 Å². The van der Waals surface area contributed by atoms with Gasteiger partial charge in [0.05, 0.1) is 0 Å². The fraction of sp³-hybridized carbons (Fsp3) is 0.917. The third-order valence-corrected chi connectivity index (χ3v) is 2.89. The highest BCUT2D eigenvalue weighted by Crippen LogP contribution is 2.09. The van der Waals surface area contributed by atoms with E-state index in [-0.39, 0.29) is 5.91 Å². The first-order valence-electron chi connectivity index (χ1n) is 6.21. The molecule has 1 aliphatic heterocycles. The van der Waals surface area contributed by atoms with Crippen molar-refractivity contribution in [1.82, 2.24) is 10.2 Å². The standard InChI is InChI=1S/C12H24N2O/c1-3-6-12(15)13-9-11(2)10-14-7-4-5-8-14/h11H,3-10H2,1-2H3,(H,13,15). The lowest BCUT2D eigenvalue weighted by Crippen LogP contribution is -2.34. The van der Waals surface area contributed by atoms with Gasteiger partial charge in [-0.05, 0) is 38.3 Å². The molecular weight excluding hydrogens is 188 g/mol. The molecule has 1 rings (SSSR count). The van der Waals surface area contributed by atoms with E-state index in [9.17, 15) is 4.79 Å². The molecule has 0 aromatic rings. The molecule has 1 N–H and O–H groups in total. The molecule has 0 saturated carbocycles. The average molecular weight is 212 g/mol. The predicted octanol–water partition coefficient (Wildman–Crippen LogP) is 1.63. The SMILES string of the molecule is CCCC(=O)NCC(C)CN1CCCC1. The molecule has 0 spiro atoms. The smallest absolute Gasteiger partial charge is 0.219 e. The summed E-state index contributed by atoms with van der Waals surface area (Å²) in [6.07, 6.45) is 4.28. The lowest BCUT2D eigenvalue weighted by Gasteiger charge is -2.20. The molecule has 1 heterocycles. The van der Waals surface area contributed by atoms with Crippen LogP contribution >= 0.6 is 0 Å². The number of carbonyl (C=O) groups is 1. The highest BCUT2D eigenvalue weighted by atomic mass is 16.1. The van der Waals surface area contributed by atoms with Crippen molar-refractivity contribution in [3.63, 3.8) is 0 Å². The fourth-order valence-corrected chi connectivity index (χ4v) is 2.07. The van der Waals surface area contributed by atoms with Gasteiger partial charge in [0.15, 0.2) is 0 Å². The molecule has 0 aromatic heterocycles. The van der Waals surface area contributed by atoms with E-state index in [1.54, 1.807) is 0 Å². The molecule has 1 saturated heterocycles. The number of carbonyl (C=O) groups excluding carboxylic acids is 1. The average Bonchev–Trinajstić information content (AvgIpc) is 2.68. The highest BCUT2D eigenvalue weighted by molar-refractivity contribution is 5.75. The monoisotopic (exact) mass is 212 g/mol. The second-order valence-electron chi connectivity index (χ2n) is 4.67. The first kappa shape index (κ1) is 12.5. The van der Waals surface area contributed by atoms with E-state index in [0.717, 1.165) is 19.5 Å². The van der Waals surface area contributed by atoms with Crippen molar-refractivity contribution in [1.29, 1.82) is 0 Å². The number of nitrogens with one attached hydrogen (secondary N) is 1. The molecule has 0 bridgehead atoms. The van der Waals surface area contributed by atoms with Crippen LogP contribution in [0.3, 0.4) is 0 Å². The van der Waals surface area contributed by atoms with E-state index in [1.807, 2.05) is 6.92 Å². The predicted molar refractivity (Wildman–Crippen MR) is 62.8 cm³/mol. The van der Waals surface area contributed by atoms with Crippen LogP contribution in [0.25, 0.3) is 0 Å². The third kappa shape index (κ3) is 5.17. The zero-order valence-corrected chi connectivity index (χ0v) is 10.1. The van der Waals surface area contributed by atoms with Gasteiger partial charge in [-0.2, -0.15) is 0 Å². The number of likely N-dealkylation sites (tertiary alicyclic amines) is 1. The van der Waals surface area contributed by atoms with Crippen molar-refractivity contribution < 1.29 is 4.79 Å². The minimum absolute atomic E-state index is 0.200. The third-order valence-electron chi connectivity index (χ3n) is 2.89. The Labute approximate surface area is 93.2 Å². The van der Waals surface area contributed by atoms with Crippen LogP contribution in [0.5, 0.6) is 0 Å². The molecule has 1 amide bonds. The van der Waals surface area contributed by atoms with Gasteiger partial charge < -0.3 is 10.2 Å². The van der Waals surface area contributed by atoms with Crippen LogP contribution in [0.4, 0.5) is 0 Å². The molecule has 0 aliphatic carbocycles. The quantitative estimate of drug-likeness (QED) is 0.726. The summed E-state index contributed by atoms with van der Waals surface area (Å²) < 4.78 is 0. The van der Waals surface area contributed by atoms with Crippen molar-refractivity contribution in [2.45, 2.75) is 39.5 Å². The van der Waals surface area contributed by atoms with Crippen molar-refractivity contribution in [2.24, 2.45) is 5.92 Å². The lowest BCUT2D eigenvalue weighted by atomic mass is 10.1. The Morgan fingerprint density at radius 1 is 1.40 bits per heavy atom. The Kier molecular flexibility index (Phi) is 5.69. The molecule has 15 heavy (non-hydrogen) atoms. The molecule has 1 atom stereocenters. The van der Waals surface area contributed by atoms with Gasteiger partial charge in [0.2, 0.25) is 5.91 Å². The number of rotatable bonds is 6. The molecule has 0 aromatic carbocycles. The Balaban J connectivity index is 2.07. The van der Waals surface area contributed by atoms with Crippen LogP contribution < -0.4 is 5.32 Å². The van der Waals surface area contributed by atoms with Crippen LogP contribution in [-0.2, 0) is 4.79 Å². The zero-order chi connectivity index (χ0) is 11.1. The number of hydrogen-bond donors (Lipinski definition) is 1. The van der Waals surface area contributed by atoms with Crippen LogP contribution in [0.2, 0.25) is 0 Å². The Morgan fingerprint density at radius 3 is 2.67 bits per heavy atom. The summed E-state index contributed by atoms with van der Waals surface area (Å²) in [6.45, 7) is 8.69. The van der Waals surface area contributed by atoms with Crippen LogP contribution in [-0.4, -0.2) is 37.0 Å². The summed E-state index contributed by atoms with van der Waals surface area (Å²) >= 11 is 0. The minimum atomic E-state index is 0.200. The van der Waals surface area contributed by atoms with Gasteiger partial charge in [-0.25, -0.2) is 0 Å². The van der Waals surface area contributed by atoms with E-state index in [1.165, 1.54) is 25.9 Å². The summed E-state index contributed by atoms with van der Waals surface area (Å²) in [7, 11) is 0. The van der Waals surface area contributed by atoms with Gasteiger partial charge in [-0.15, -0.1) is 0 Å². The van der Waals surface area contributed by atoms with Crippen molar-refractivity contribution in [3.05, 3.63) is 0 Å². The van der Waals surface area contributed by atoms with E-state index < -0.39 is 0 Å². The first-order valence-corrected chi connectivity index (χ1v) is 6.21. The maximum absolute atomic E-state index is 11.3. The Morgan fingerprint density at radius 2 is 2.07 bits per heavy atom. The molecule has 3 heteroatoms. The maximum Gasteiger partial charge on any atom is 0.219 e. The van der Waals surface area contributed by atoms with Gasteiger partial charge >= 0.3 is 0 Å². The van der Waals surface area contributed by atoms with E-state index >= 15 is 0 Å². The normalized spacial score (nSPS) is 19.1. The van der Waals surface area contributed by atoms with Gasteiger partial charge in [0.1, 0.15) is 0 Å². The zero-order valence-electron chi connectivity index (χ0n) is 10.1. The largest absolute Gasteiger partial charge is 0.356 e. The van der Waals surface area contributed by atoms with E-state index in [0.29, 0.717) is 12.3 Å². The van der Waals surface area contributed by atoms with Crippen LogP contribution in [0, 0.1) is 5.92 Å². The fourth-order valence-electron chi connectivity index (χ4n) is 2.07. The summed E-state index contributed by atoms with van der Waals surface area (Å²) in [5, 5.41) is 2.99. The molecule has 1 fully saturated rings. The van der Waals surface area contributed by atoms with Crippen molar-refractivity contribution in [2.75, 3.05) is 26.2 Å². The Bertz CT molecular complexity index is 188. The van der Waals surface area contributed by atoms with Crippen LogP contribution in [0.15, 0.2) is 0 Å². The second kappa shape index (κ2) is 6.83. The van der Waals surface area contributed by atoms with Crippen LogP contribution in [0.1, 0.15) is 39.5 Å². The molecule has 1 aliphatic rings. The lowest BCUT2D eigenvalue weighted by molar-refractivity contribution is -0.121. The maximum atomic E-state index is 11.3. The summed E-state index contributed by atoms with van der Waals surface area (Å²) in [5.74, 6) is 0.773. The summed E-state index contributed by atoms with van der Waals surface area (Å²) in [5.41, 5.74) is 0. The van der Waals surface area contributed by atoms with Gasteiger partial charge in [-0.3, -0.25) is 4.79 Å². The molecular formula is C12H24N2O. The number of amides is 1. The number of hydrogen-bond acceptors (Lipinski definition) is 2. The second-order valence-corrected chi connectivity index (χ2v) is 4.67. The van der Waals surface area contributed by atoms with E-state index in [4.69, 9.17) is 0 Å². The van der Waals surface area contributed by atoms with Gasteiger partial charge in [-0.1, -0.05) is 13.8 Å². The molecule has 1 unspecified atom stereocenters. The Hall–Kier alpha value is -0.570. The molecule has 88 valence electrons. The molecule has 0 radical (unpaired) electrons. The number of nitrogens with zero attached hydrogens (tertiary/aromatic N) is 1. The highest BCUT2D eigenvalue weighted by Gasteiger charge is 2.14. The van der Waals surface area contributed by atoms with E-state index in [2.05, 4.69) is 17.1 Å². The van der Waals surface area contributed by atoms with Crippen molar-refractivity contribution >= 4 is 5.91 Å².